The summed E-state index contributed by atoms with van der Waals surface area (Å²) in [4.78, 5) is 11.2. The number of nitrogens with one attached hydrogen (secondary N) is 1. The SMILES string of the molecule is C#C[C@@]12CO[C@@H](O1)[C@H](NC(C)=O)[C@@H](OC)[C@H]2OC. The van der Waals surface area contributed by atoms with Crippen LogP contribution in [-0.2, 0) is 23.7 Å². The van der Waals surface area contributed by atoms with Crippen LogP contribution in [0.25, 0.3) is 0 Å². The highest BCUT2D eigenvalue weighted by Crippen LogP contribution is 2.38. The van der Waals surface area contributed by atoms with Gasteiger partial charge in [0.1, 0.15) is 18.2 Å². The molecule has 6 heteroatoms. The molecule has 2 aliphatic rings. The van der Waals surface area contributed by atoms with E-state index < -0.39 is 30.1 Å². The first-order chi connectivity index (χ1) is 8.57. The van der Waals surface area contributed by atoms with Gasteiger partial charge in [-0.05, 0) is 0 Å². The minimum atomic E-state index is -0.949. The monoisotopic (exact) mass is 255 g/mol. The third kappa shape index (κ3) is 1.89. The first-order valence-electron chi connectivity index (χ1n) is 5.68. The number of methoxy groups -OCH3 is 2. The molecule has 0 aromatic heterocycles. The van der Waals surface area contributed by atoms with Crippen LogP contribution in [0.15, 0.2) is 0 Å². The van der Waals surface area contributed by atoms with E-state index in [2.05, 4.69) is 11.2 Å². The van der Waals surface area contributed by atoms with Crippen LogP contribution >= 0.6 is 0 Å². The molecule has 0 aromatic rings. The molecule has 2 saturated heterocycles. The molecule has 2 rings (SSSR count). The maximum Gasteiger partial charge on any atom is 0.217 e. The lowest BCUT2D eigenvalue weighted by molar-refractivity contribution is -0.220. The molecule has 0 saturated carbocycles. The predicted octanol–water partition coefficient (Wildman–Crippen LogP) is -0.720. The van der Waals surface area contributed by atoms with Crippen molar-refractivity contribution in [3.05, 3.63) is 0 Å². The van der Waals surface area contributed by atoms with Crippen LogP contribution in [0.1, 0.15) is 6.92 Å². The van der Waals surface area contributed by atoms with Crippen molar-refractivity contribution in [2.24, 2.45) is 0 Å². The highest BCUT2D eigenvalue weighted by atomic mass is 16.7. The van der Waals surface area contributed by atoms with Crippen LogP contribution in [0.4, 0.5) is 0 Å². The van der Waals surface area contributed by atoms with Crippen LogP contribution in [0.5, 0.6) is 0 Å². The second-order valence-electron chi connectivity index (χ2n) is 4.41. The van der Waals surface area contributed by atoms with Crippen LogP contribution < -0.4 is 5.32 Å². The fourth-order valence-electron chi connectivity index (χ4n) is 2.55. The third-order valence-electron chi connectivity index (χ3n) is 3.33. The largest absolute Gasteiger partial charge is 0.376 e. The van der Waals surface area contributed by atoms with E-state index in [-0.39, 0.29) is 12.5 Å². The van der Waals surface area contributed by atoms with E-state index in [1.54, 1.807) is 7.11 Å². The molecular weight excluding hydrogens is 238 g/mol. The molecule has 0 unspecified atom stereocenters. The molecule has 1 N–H and O–H groups in total. The minimum absolute atomic E-state index is 0.191. The van der Waals surface area contributed by atoms with Crippen molar-refractivity contribution >= 4 is 5.91 Å². The summed E-state index contributed by atoms with van der Waals surface area (Å²) in [5.74, 6) is 2.39. The summed E-state index contributed by atoms with van der Waals surface area (Å²) < 4.78 is 22.0. The molecule has 2 fully saturated rings. The van der Waals surface area contributed by atoms with Crippen molar-refractivity contribution in [2.75, 3.05) is 20.8 Å². The molecule has 6 nitrogen and oxygen atoms in total. The fraction of sp³-hybridized carbons (Fsp3) is 0.750. The van der Waals surface area contributed by atoms with Gasteiger partial charge in [0, 0.05) is 21.1 Å². The number of terminal acetylenes is 1. The summed E-state index contributed by atoms with van der Waals surface area (Å²) in [6.45, 7) is 1.65. The highest BCUT2D eigenvalue weighted by Gasteiger charge is 2.60. The standard InChI is InChI=1S/C12H17NO5/c1-5-12-6-17-11(18-12)8(13-7(2)14)9(15-3)10(12)16-4/h1,8-11H,6H2,2-4H3,(H,13,14)/t8-,9-,10-,11+,12+/m1/s1. The Balaban J connectivity index is 2.31. The van der Waals surface area contributed by atoms with Gasteiger partial charge in [-0.2, -0.15) is 0 Å². The van der Waals surface area contributed by atoms with E-state index in [1.165, 1.54) is 14.0 Å². The van der Waals surface area contributed by atoms with E-state index in [4.69, 9.17) is 25.4 Å². The molecule has 0 spiro atoms. The zero-order valence-corrected chi connectivity index (χ0v) is 10.6. The van der Waals surface area contributed by atoms with Gasteiger partial charge in [0.05, 0.1) is 6.61 Å². The molecule has 2 aliphatic heterocycles. The Kier molecular flexibility index (Phi) is 3.59. The van der Waals surface area contributed by atoms with Gasteiger partial charge in [-0.25, -0.2) is 0 Å². The van der Waals surface area contributed by atoms with Crippen LogP contribution in [-0.4, -0.2) is 56.9 Å². The zero-order chi connectivity index (χ0) is 13.3. The summed E-state index contributed by atoms with van der Waals surface area (Å²) in [5.41, 5.74) is -0.949. The van der Waals surface area contributed by atoms with Crippen molar-refractivity contribution in [1.82, 2.24) is 5.32 Å². The van der Waals surface area contributed by atoms with Crippen molar-refractivity contribution in [3.63, 3.8) is 0 Å². The number of hydrogen-bond acceptors (Lipinski definition) is 5. The van der Waals surface area contributed by atoms with Gasteiger partial charge in [0.25, 0.3) is 0 Å². The highest BCUT2D eigenvalue weighted by molar-refractivity contribution is 5.73. The predicted molar refractivity (Wildman–Crippen MR) is 61.6 cm³/mol. The van der Waals surface area contributed by atoms with Crippen molar-refractivity contribution in [2.45, 2.75) is 37.1 Å². The first-order valence-corrected chi connectivity index (χ1v) is 5.68. The van der Waals surface area contributed by atoms with Crippen molar-refractivity contribution in [3.8, 4) is 12.3 Å². The summed E-state index contributed by atoms with van der Waals surface area (Å²) in [5, 5.41) is 2.75. The number of ether oxygens (including phenoxy) is 4. The Morgan fingerprint density at radius 3 is 2.72 bits per heavy atom. The van der Waals surface area contributed by atoms with E-state index >= 15 is 0 Å². The normalized spacial score (nSPS) is 42.3. The quantitative estimate of drug-likeness (QED) is 0.674. The molecule has 2 bridgehead atoms. The van der Waals surface area contributed by atoms with Crippen molar-refractivity contribution < 1.29 is 23.7 Å². The molecule has 5 atom stereocenters. The van der Waals surface area contributed by atoms with Crippen LogP contribution in [0.2, 0.25) is 0 Å². The van der Waals surface area contributed by atoms with Gasteiger partial charge >= 0.3 is 0 Å². The molecule has 0 aromatic carbocycles. The van der Waals surface area contributed by atoms with E-state index in [1.807, 2.05) is 0 Å². The van der Waals surface area contributed by atoms with Gasteiger partial charge in [-0.15, -0.1) is 6.42 Å². The number of rotatable bonds is 3. The summed E-state index contributed by atoms with van der Waals surface area (Å²) in [6.07, 6.45) is 4.00. The topological polar surface area (TPSA) is 66.0 Å². The lowest BCUT2D eigenvalue weighted by Crippen LogP contribution is -2.65. The Labute approximate surface area is 106 Å². The summed E-state index contributed by atoms with van der Waals surface area (Å²) in [6, 6.07) is -0.443. The Morgan fingerprint density at radius 2 is 2.22 bits per heavy atom. The lowest BCUT2D eigenvalue weighted by atomic mass is 9.88. The molecule has 18 heavy (non-hydrogen) atoms. The number of amides is 1. The van der Waals surface area contributed by atoms with Gasteiger partial charge in [0.15, 0.2) is 11.9 Å². The minimum Gasteiger partial charge on any atom is -0.376 e. The summed E-state index contributed by atoms with van der Waals surface area (Å²) >= 11 is 0. The summed E-state index contributed by atoms with van der Waals surface area (Å²) in [7, 11) is 3.07. The number of carbonyl (C=O) groups is 1. The van der Waals surface area contributed by atoms with Crippen molar-refractivity contribution in [1.29, 1.82) is 0 Å². The smallest absolute Gasteiger partial charge is 0.217 e. The zero-order valence-electron chi connectivity index (χ0n) is 10.6. The fourth-order valence-corrected chi connectivity index (χ4v) is 2.55. The van der Waals surface area contributed by atoms with E-state index in [9.17, 15) is 4.79 Å². The molecular formula is C12H17NO5. The van der Waals surface area contributed by atoms with E-state index in [0.29, 0.717) is 0 Å². The van der Waals surface area contributed by atoms with Crippen LogP contribution in [0.3, 0.4) is 0 Å². The average molecular weight is 255 g/mol. The molecule has 1 amide bonds. The second-order valence-corrected chi connectivity index (χ2v) is 4.41. The Bertz CT molecular complexity index is 379. The third-order valence-corrected chi connectivity index (χ3v) is 3.33. The second kappa shape index (κ2) is 4.86. The number of carbonyl (C=O) groups excluding carboxylic acids is 1. The first kappa shape index (κ1) is 13.3. The maximum absolute atomic E-state index is 11.2. The molecule has 0 radical (unpaired) electrons. The van der Waals surface area contributed by atoms with Gasteiger partial charge in [-0.3, -0.25) is 4.79 Å². The Hall–Kier alpha value is -1.13. The number of hydrogen-bond donors (Lipinski definition) is 1. The maximum atomic E-state index is 11.2. The molecule has 0 aliphatic carbocycles. The van der Waals surface area contributed by atoms with Gasteiger partial charge in [-0.1, -0.05) is 5.92 Å². The number of fused-ring (bicyclic) bond motifs is 2. The average Bonchev–Trinajstić information content (AvgIpc) is 2.74. The van der Waals surface area contributed by atoms with Gasteiger partial charge in [0.2, 0.25) is 5.91 Å². The van der Waals surface area contributed by atoms with E-state index in [0.717, 1.165) is 0 Å². The molecule has 2 heterocycles. The molecule has 100 valence electrons. The Morgan fingerprint density at radius 1 is 1.50 bits per heavy atom. The lowest BCUT2D eigenvalue weighted by Gasteiger charge is -2.43. The van der Waals surface area contributed by atoms with Gasteiger partial charge < -0.3 is 24.3 Å². The van der Waals surface area contributed by atoms with Crippen LogP contribution in [0, 0.1) is 12.3 Å².